The SMILES string of the molecule is CCNC(=NCc1ccc(C)cc1OC)NCCS(=O)(=O)C(C)(C)C.I. The normalized spacial score (nSPS) is 12.3. The number of aliphatic imine (C=N–C) groups is 1. The average molecular weight is 497 g/mol. The van der Waals surface area contributed by atoms with Crippen molar-refractivity contribution in [3.8, 4) is 5.75 Å². The lowest BCUT2D eigenvalue weighted by molar-refractivity contribution is 0.409. The quantitative estimate of drug-likeness (QED) is 0.344. The highest BCUT2D eigenvalue weighted by molar-refractivity contribution is 14.0. The Morgan fingerprint density at radius 2 is 1.88 bits per heavy atom. The van der Waals surface area contributed by atoms with Crippen LogP contribution in [-0.2, 0) is 16.4 Å². The van der Waals surface area contributed by atoms with Crippen molar-refractivity contribution < 1.29 is 13.2 Å². The molecule has 8 heteroatoms. The molecule has 0 spiro atoms. The highest BCUT2D eigenvalue weighted by atomic mass is 127. The van der Waals surface area contributed by atoms with Gasteiger partial charge in [0.1, 0.15) is 5.75 Å². The van der Waals surface area contributed by atoms with Gasteiger partial charge < -0.3 is 15.4 Å². The van der Waals surface area contributed by atoms with E-state index in [1.807, 2.05) is 32.0 Å². The molecule has 0 amide bonds. The minimum absolute atomic E-state index is 0. The van der Waals surface area contributed by atoms with Crippen LogP contribution in [0.5, 0.6) is 5.75 Å². The van der Waals surface area contributed by atoms with E-state index in [0.29, 0.717) is 25.6 Å². The second-order valence-corrected chi connectivity index (χ2v) is 9.73. The second kappa shape index (κ2) is 11.0. The van der Waals surface area contributed by atoms with Crippen molar-refractivity contribution in [1.29, 1.82) is 0 Å². The molecule has 26 heavy (non-hydrogen) atoms. The van der Waals surface area contributed by atoms with Crippen LogP contribution in [0.1, 0.15) is 38.8 Å². The molecule has 2 N–H and O–H groups in total. The van der Waals surface area contributed by atoms with Gasteiger partial charge in [-0.3, -0.25) is 0 Å². The minimum atomic E-state index is -3.16. The monoisotopic (exact) mass is 497 g/mol. The molecule has 0 saturated heterocycles. The van der Waals surface area contributed by atoms with Crippen molar-refractivity contribution >= 4 is 39.8 Å². The van der Waals surface area contributed by atoms with Crippen LogP contribution in [0.3, 0.4) is 0 Å². The van der Waals surface area contributed by atoms with Gasteiger partial charge in [0.05, 0.1) is 24.2 Å². The van der Waals surface area contributed by atoms with Crippen molar-refractivity contribution in [2.75, 3.05) is 26.0 Å². The Labute approximate surface area is 175 Å². The van der Waals surface area contributed by atoms with Crippen LogP contribution in [0.2, 0.25) is 0 Å². The van der Waals surface area contributed by atoms with Gasteiger partial charge >= 0.3 is 0 Å². The molecule has 0 unspecified atom stereocenters. The fourth-order valence-electron chi connectivity index (χ4n) is 2.10. The van der Waals surface area contributed by atoms with Gasteiger partial charge in [0.25, 0.3) is 0 Å². The molecule has 0 radical (unpaired) electrons. The third-order valence-electron chi connectivity index (χ3n) is 3.79. The van der Waals surface area contributed by atoms with Crippen LogP contribution in [-0.4, -0.2) is 45.1 Å². The third kappa shape index (κ3) is 7.69. The van der Waals surface area contributed by atoms with Gasteiger partial charge in [-0.1, -0.05) is 12.1 Å². The van der Waals surface area contributed by atoms with Gasteiger partial charge in [0, 0.05) is 18.7 Å². The number of hydrogen-bond donors (Lipinski definition) is 2. The molecule has 6 nitrogen and oxygen atoms in total. The van der Waals surface area contributed by atoms with Gasteiger partial charge in [-0.05, 0) is 46.2 Å². The van der Waals surface area contributed by atoms with Crippen LogP contribution in [0.4, 0.5) is 0 Å². The number of rotatable bonds is 7. The van der Waals surface area contributed by atoms with Gasteiger partial charge in [0.15, 0.2) is 15.8 Å². The molecule has 0 atom stereocenters. The Balaban J connectivity index is 0.00000625. The fourth-order valence-corrected chi connectivity index (χ4v) is 3.08. The van der Waals surface area contributed by atoms with Crippen molar-refractivity contribution in [3.05, 3.63) is 29.3 Å². The Hall–Kier alpha value is -1.03. The van der Waals surface area contributed by atoms with E-state index in [4.69, 9.17) is 4.74 Å². The molecular weight excluding hydrogens is 465 g/mol. The topological polar surface area (TPSA) is 79.8 Å². The van der Waals surface area contributed by atoms with Crippen molar-refractivity contribution in [2.45, 2.75) is 45.9 Å². The number of nitrogens with one attached hydrogen (secondary N) is 2. The summed E-state index contributed by atoms with van der Waals surface area (Å²) in [5.41, 5.74) is 2.11. The molecule has 0 bridgehead atoms. The number of sulfone groups is 1. The summed E-state index contributed by atoms with van der Waals surface area (Å²) in [6.07, 6.45) is 0. The molecular formula is C18H32IN3O3S. The number of benzene rings is 1. The first-order chi connectivity index (χ1) is 11.6. The standard InChI is InChI=1S/C18H31N3O3S.HI/c1-7-19-17(20-10-11-25(22,23)18(3,4)5)21-13-15-9-8-14(2)12-16(15)24-6;/h8-9,12H,7,10-11,13H2,1-6H3,(H2,19,20,21);1H. The number of guanidine groups is 1. The number of ether oxygens (including phenoxy) is 1. The first kappa shape index (κ1) is 25.0. The summed E-state index contributed by atoms with van der Waals surface area (Å²) in [7, 11) is -1.51. The average Bonchev–Trinajstić information content (AvgIpc) is 2.52. The Morgan fingerprint density at radius 3 is 2.42 bits per heavy atom. The van der Waals surface area contributed by atoms with E-state index in [2.05, 4.69) is 15.6 Å². The summed E-state index contributed by atoms with van der Waals surface area (Å²) in [6.45, 7) is 10.6. The van der Waals surface area contributed by atoms with E-state index in [1.54, 1.807) is 27.9 Å². The Bertz CT molecular complexity index is 698. The van der Waals surface area contributed by atoms with E-state index >= 15 is 0 Å². The van der Waals surface area contributed by atoms with Crippen LogP contribution < -0.4 is 15.4 Å². The molecule has 150 valence electrons. The minimum Gasteiger partial charge on any atom is -0.496 e. The summed E-state index contributed by atoms with van der Waals surface area (Å²) in [5, 5.41) is 6.22. The van der Waals surface area contributed by atoms with Crippen LogP contribution in [0.25, 0.3) is 0 Å². The van der Waals surface area contributed by atoms with Crippen LogP contribution in [0.15, 0.2) is 23.2 Å². The highest BCUT2D eigenvalue weighted by Crippen LogP contribution is 2.20. The van der Waals surface area contributed by atoms with Crippen LogP contribution >= 0.6 is 24.0 Å². The zero-order valence-corrected chi connectivity index (χ0v) is 19.7. The van der Waals surface area contributed by atoms with E-state index < -0.39 is 14.6 Å². The lowest BCUT2D eigenvalue weighted by Crippen LogP contribution is -2.41. The summed E-state index contributed by atoms with van der Waals surface area (Å²) < 4.78 is 29.0. The molecule has 0 heterocycles. The lowest BCUT2D eigenvalue weighted by Gasteiger charge is -2.19. The highest BCUT2D eigenvalue weighted by Gasteiger charge is 2.28. The molecule has 0 aliphatic rings. The van der Waals surface area contributed by atoms with Gasteiger partial charge in [-0.15, -0.1) is 24.0 Å². The number of aryl methyl sites for hydroxylation is 1. The Kier molecular flexibility index (Phi) is 10.5. The first-order valence-electron chi connectivity index (χ1n) is 8.48. The molecule has 1 aromatic carbocycles. The van der Waals surface area contributed by atoms with E-state index in [-0.39, 0.29) is 29.7 Å². The van der Waals surface area contributed by atoms with Gasteiger partial charge in [-0.2, -0.15) is 0 Å². The van der Waals surface area contributed by atoms with Crippen molar-refractivity contribution in [3.63, 3.8) is 0 Å². The largest absolute Gasteiger partial charge is 0.496 e. The molecule has 0 aliphatic heterocycles. The molecule has 1 aromatic rings. The Morgan fingerprint density at radius 1 is 1.23 bits per heavy atom. The predicted octanol–water partition coefficient (Wildman–Crippen LogP) is 2.89. The fraction of sp³-hybridized carbons (Fsp3) is 0.611. The first-order valence-corrected chi connectivity index (χ1v) is 10.1. The maximum absolute atomic E-state index is 12.2. The molecule has 0 aromatic heterocycles. The van der Waals surface area contributed by atoms with Crippen molar-refractivity contribution in [1.82, 2.24) is 10.6 Å². The van der Waals surface area contributed by atoms with E-state index in [1.165, 1.54) is 0 Å². The summed E-state index contributed by atoms with van der Waals surface area (Å²) in [6, 6.07) is 5.98. The maximum atomic E-state index is 12.2. The number of hydrogen-bond acceptors (Lipinski definition) is 4. The number of halogens is 1. The van der Waals surface area contributed by atoms with E-state index in [9.17, 15) is 8.42 Å². The predicted molar refractivity (Wildman–Crippen MR) is 120 cm³/mol. The maximum Gasteiger partial charge on any atom is 0.191 e. The smallest absolute Gasteiger partial charge is 0.191 e. The molecule has 0 fully saturated rings. The summed E-state index contributed by atoms with van der Waals surface area (Å²) in [4.78, 5) is 4.52. The molecule has 1 rings (SSSR count). The van der Waals surface area contributed by atoms with Crippen molar-refractivity contribution in [2.24, 2.45) is 4.99 Å². The zero-order chi connectivity index (χ0) is 19.1. The van der Waals surface area contributed by atoms with Gasteiger partial charge in [-0.25, -0.2) is 13.4 Å². The molecule has 0 aliphatic carbocycles. The zero-order valence-electron chi connectivity index (χ0n) is 16.5. The third-order valence-corrected chi connectivity index (χ3v) is 6.40. The number of nitrogens with zero attached hydrogens (tertiary/aromatic N) is 1. The summed E-state index contributed by atoms with van der Waals surface area (Å²) >= 11 is 0. The van der Waals surface area contributed by atoms with Crippen LogP contribution in [0, 0.1) is 6.92 Å². The lowest BCUT2D eigenvalue weighted by atomic mass is 10.1. The summed E-state index contributed by atoms with van der Waals surface area (Å²) in [5.74, 6) is 1.46. The number of methoxy groups -OCH3 is 1. The van der Waals surface area contributed by atoms with E-state index in [0.717, 1.165) is 16.9 Å². The molecule has 0 saturated carbocycles. The second-order valence-electron chi connectivity index (χ2n) is 6.87. The van der Waals surface area contributed by atoms with Gasteiger partial charge in [0.2, 0.25) is 0 Å².